The summed E-state index contributed by atoms with van der Waals surface area (Å²) in [6.45, 7) is 0. The van der Waals surface area contributed by atoms with Gasteiger partial charge in [-0.1, -0.05) is 23.5 Å². The number of methoxy groups -OCH3 is 1. The van der Waals surface area contributed by atoms with Crippen LogP contribution in [0.1, 0.15) is 23.4 Å². The SMILES string of the molecule is COc1nc2c(s1)CCC1=C2C=CC[C@@H]1N.[NaH]. The van der Waals surface area contributed by atoms with Gasteiger partial charge in [0.25, 0.3) is 5.19 Å². The van der Waals surface area contributed by atoms with Crippen LogP contribution in [0.25, 0.3) is 5.57 Å². The molecule has 3 nitrogen and oxygen atoms in total. The monoisotopic (exact) mass is 258 g/mol. The Morgan fingerprint density at radius 1 is 1.47 bits per heavy atom. The van der Waals surface area contributed by atoms with E-state index in [-0.39, 0.29) is 35.6 Å². The van der Waals surface area contributed by atoms with Crippen molar-refractivity contribution in [2.45, 2.75) is 25.3 Å². The molecule has 5 heteroatoms. The number of rotatable bonds is 1. The minimum absolute atomic E-state index is 0. The molecule has 1 heterocycles. The van der Waals surface area contributed by atoms with Crippen LogP contribution in [0.5, 0.6) is 5.19 Å². The zero-order valence-corrected chi connectivity index (χ0v) is 10.0. The second kappa shape index (κ2) is 5.24. The van der Waals surface area contributed by atoms with E-state index in [1.54, 1.807) is 18.4 Å². The van der Waals surface area contributed by atoms with Crippen LogP contribution in [0.2, 0.25) is 0 Å². The van der Waals surface area contributed by atoms with Crippen LogP contribution < -0.4 is 10.5 Å². The molecular weight excluding hydrogens is 243 g/mol. The van der Waals surface area contributed by atoms with Crippen molar-refractivity contribution < 1.29 is 4.74 Å². The fourth-order valence-electron chi connectivity index (χ4n) is 2.38. The first kappa shape index (κ1) is 13.3. The van der Waals surface area contributed by atoms with E-state index in [1.165, 1.54) is 16.0 Å². The third-order valence-corrected chi connectivity index (χ3v) is 4.27. The molecule has 0 spiro atoms. The van der Waals surface area contributed by atoms with Crippen molar-refractivity contribution in [3.8, 4) is 5.19 Å². The maximum atomic E-state index is 6.12. The van der Waals surface area contributed by atoms with Crippen LogP contribution in [0, 0.1) is 0 Å². The van der Waals surface area contributed by atoms with E-state index in [4.69, 9.17) is 10.5 Å². The van der Waals surface area contributed by atoms with Gasteiger partial charge in [0, 0.05) is 16.5 Å². The molecule has 2 aliphatic rings. The average molecular weight is 258 g/mol. The zero-order valence-electron chi connectivity index (χ0n) is 9.19. The molecule has 0 unspecified atom stereocenters. The third kappa shape index (κ3) is 2.25. The third-order valence-electron chi connectivity index (χ3n) is 3.20. The summed E-state index contributed by atoms with van der Waals surface area (Å²) in [7, 11) is 1.67. The molecule has 0 aliphatic heterocycles. The number of aryl methyl sites for hydroxylation is 1. The Kier molecular flexibility index (Phi) is 4.10. The van der Waals surface area contributed by atoms with Crippen molar-refractivity contribution in [1.82, 2.24) is 4.98 Å². The molecule has 2 aliphatic carbocycles. The molecule has 86 valence electrons. The number of hydrogen-bond acceptors (Lipinski definition) is 4. The van der Waals surface area contributed by atoms with Gasteiger partial charge in [-0.25, -0.2) is 4.98 Å². The van der Waals surface area contributed by atoms with Crippen LogP contribution in [0.4, 0.5) is 0 Å². The number of allylic oxidation sites excluding steroid dienone is 2. The molecule has 0 aromatic carbocycles. The Balaban J connectivity index is 0.00000108. The summed E-state index contributed by atoms with van der Waals surface area (Å²) < 4.78 is 5.20. The van der Waals surface area contributed by atoms with Gasteiger partial charge >= 0.3 is 29.6 Å². The van der Waals surface area contributed by atoms with Crippen molar-refractivity contribution in [2.75, 3.05) is 7.11 Å². The molecule has 0 saturated carbocycles. The van der Waals surface area contributed by atoms with Crippen molar-refractivity contribution >= 4 is 46.5 Å². The van der Waals surface area contributed by atoms with E-state index >= 15 is 0 Å². The number of aromatic nitrogens is 1. The first-order valence-electron chi connectivity index (χ1n) is 5.49. The van der Waals surface area contributed by atoms with Gasteiger partial charge in [-0.2, -0.15) is 0 Å². The van der Waals surface area contributed by atoms with E-state index in [9.17, 15) is 0 Å². The van der Waals surface area contributed by atoms with E-state index in [0.29, 0.717) is 0 Å². The molecule has 3 rings (SSSR count). The van der Waals surface area contributed by atoms with Crippen LogP contribution in [0.3, 0.4) is 0 Å². The predicted molar refractivity (Wildman–Crippen MR) is 72.8 cm³/mol. The van der Waals surface area contributed by atoms with Gasteiger partial charge in [-0.15, -0.1) is 0 Å². The summed E-state index contributed by atoms with van der Waals surface area (Å²) in [6.07, 6.45) is 7.38. The molecule has 1 atom stereocenters. The number of fused-ring (bicyclic) bond motifs is 2. The fourth-order valence-corrected chi connectivity index (χ4v) is 3.27. The number of nitrogens with zero attached hydrogens (tertiary/aromatic N) is 1. The zero-order chi connectivity index (χ0) is 11.1. The summed E-state index contributed by atoms with van der Waals surface area (Å²) in [5.74, 6) is 0. The Morgan fingerprint density at radius 2 is 2.29 bits per heavy atom. The Labute approximate surface area is 127 Å². The van der Waals surface area contributed by atoms with Gasteiger partial charge in [-0.05, 0) is 24.8 Å². The summed E-state index contributed by atoms with van der Waals surface area (Å²) in [4.78, 5) is 5.85. The Morgan fingerprint density at radius 3 is 3.06 bits per heavy atom. The first-order valence-corrected chi connectivity index (χ1v) is 6.30. The normalized spacial score (nSPS) is 21.6. The molecule has 0 radical (unpaired) electrons. The van der Waals surface area contributed by atoms with Crippen LogP contribution in [-0.2, 0) is 6.42 Å². The van der Waals surface area contributed by atoms with Gasteiger partial charge in [0.2, 0.25) is 0 Å². The fraction of sp³-hybridized carbons (Fsp3) is 0.417. The van der Waals surface area contributed by atoms with Crippen molar-refractivity contribution in [3.05, 3.63) is 28.3 Å². The van der Waals surface area contributed by atoms with E-state index in [2.05, 4.69) is 17.1 Å². The van der Waals surface area contributed by atoms with Gasteiger partial charge < -0.3 is 10.5 Å². The molecule has 1 aromatic heterocycles. The molecular formula is C12H15N2NaOS. The van der Waals surface area contributed by atoms with E-state index < -0.39 is 0 Å². The second-order valence-corrected chi connectivity index (χ2v) is 5.19. The standard InChI is InChI=1S/C12H14N2OS.Na.H/c1-15-12-14-11-8-3-2-4-9(13)7(8)5-6-10(11)16-12;;/h2-3,9H,4-6,13H2,1H3;;/t9-;;/m0../s1. The summed E-state index contributed by atoms with van der Waals surface area (Å²) in [5, 5.41) is 0.756. The van der Waals surface area contributed by atoms with Crippen LogP contribution >= 0.6 is 11.3 Å². The molecule has 1 aromatic rings. The summed E-state index contributed by atoms with van der Waals surface area (Å²) in [6, 6.07) is 0.181. The van der Waals surface area contributed by atoms with Gasteiger partial charge in [0.1, 0.15) is 0 Å². The van der Waals surface area contributed by atoms with Gasteiger partial charge in [0.05, 0.1) is 12.8 Å². The second-order valence-electron chi connectivity index (χ2n) is 4.14. The maximum absolute atomic E-state index is 6.12. The van der Waals surface area contributed by atoms with Crippen molar-refractivity contribution in [2.24, 2.45) is 5.73 Å². The summed E-state index contributed by atoms with van der Waals surface area (Å²) in [5.41, 5.74) is 9.81. The van der Waals surface area contributed by atoms with Crippen molar-refractivity contribution in [3.63, 3.8) is 0 Å². The quantitative estimate of drug-likeness (QED) is 0.776. The predicted octanol–water partition coefficient (Wildman–Crippen LogP) is 1.49. The van der Waals surface area contributed by atoms with E-state index in [0.717, 1.165) is 30.2 Å². The number of ether oxygens (including phenoxy) is 1. The van der Waals surface area contributed by atoms with Crippen LogP contribution in [0.15, 0.2) is 17.7 Å². The minimum atomic E-state index is 0. The van der Waals surface area contributed by atoms with Gasteiger partial charge in [0.15, 0.2) is 0 Å². The number of thiazole rings is 1. The molecule has 0 bridgehead atoms. The summed E-state index contributed by atoms with van der Waals surface area (Å²) >= 11 is 1.65. The van der Waals surface area contributed by atoms with Crippen LogP contribution in [-0.4, -0.2) is 47.7 Å². The molecule has 17 heavy (non-hydrogen) atoms. The van der Waals surface area contributed by atoms with Gasteiger partial charge in [-0.3, -0.25) is 0 Å². The van der Waals surface area contributed by atoms with E-state index in [1.807, 2.05) is 0 Å². The average Bonchev–Trinajstić information content (AvgIpc) is 2.72. The van der Waals surface area contributed by atoms with Crippen molar-refractivity contribution in [1.29, 1.82) is 0 Å². The molecule has 0 fully saturated rings. The topological polar surface area (TPSA) is 48.1 Å². The number of nitrogens with two attached hydrogens (primary N) is 1. The first-order chi connectivity index (χ1) is 7.79. The molecule has 2 N–H and O–H groups in total. The molecule has 0 amide bonds. The molecule has 0 saturated heterocycles. The number of hydrogen-bond donors (Lipinski definition) is 1. The Bertz CT molecular complexity index is 493. The Hall–Kier alpha value is -0.130.